The van der Waals surface area contributed by atoms with Crippen LogP contribution in [0.25, 0.3) is 0 Å². The van der Waals surface area contributed by atoms with Crippen molar-refractivity contribution in [1.29, 1.82) is 0 Å². The Morgan fingerprint density at radius 3 is 2.50 bits per heavy atom. The zero-order chi connectivity index (χ0) is 14.4. The maximum Gasteiger partial charge on any atom is 0.293 e. The minimum Gasteiger partial charge on any atom is -0.464 e. The van der Waals surface area contributed by atoms with Gasteiger partial charge in [0.05, 0.1) is 0 Å². The van der Waals surface area contributed by atoms with Gasteiger partial charge in [-0.3, -0.25) is 9.59 Å². The molecule has 0 saturated heterocycles. The minimum absolute atomic E-state index is 0.309. The van der Waals surface area contributed by atoms with Crippen LogP contribution in [0.1, 0.15) is 26.7 Å². The summed E-state index contributed by atoms with van der Waals surface area (Å²) in [6, 6.07) is -0.443. The van der Waals surface area contributed by atoms with E-state index in [0.717, 1.165) is 6.42 Å². The number of carbonyl (C=O) groups is 2. The number of hydrogen-bond acceptors (Lipinski definition) is 5. The SMILES string of the molecule is C=CCOC=O.CCCC(N)C(O)C(=O)NCC. The first-order valence-electron chi connectivity index (χ1n) is 5.92. The van der Waals surface area contributed by atoms with Crippen LogP contribution in [-0.2, 0) is 14.3 Å². The van der Waals surface area contributed by atoms with Gasteiger partial charge in [0.1, 0.15) is 12.7 Å². The van der Waals surface area contributed by atoms with Gasteiger partial charge < -0.3 is 20.9 Å². The highest BCUT2D eigenvalue weighted by atomic mass is 16.5. The van der Waals surface area contributed by atoms with Crippen molar-refractivity contribution >= 4 is 12.4 Å². The Morgan fingerprint density at radius 2 is 2.17 bits per heavy atom. The third-order valence-corrected chi connectivity index (χ3v) is 1.93. The van der Waals surface area contributed by atoms with Crippen molar-refractivity contribution in [1.82, 2.24) is 5.32 Å². The second kappa shape index (κ2) is 13.7. The number of ether oxygens (including phenoxy) is 1. The lowest BCUT2D eigenvalue weighted by Gasteiger charge is -2.16. The predicted octanol–water partition coefficient (Wildman–Crippen LogP) is -0.0438. The standard InChI is InChI=1S/C8H18N2O2.C4H6O2/c1-3-5-6(9)7(11)8(12)10-4-2;1-2-3-6-4-5/h6-7,11H,3-5,9H2,1-2H3,(H,10,12);2,4H,1,3H2. The van der Waals surface area contributed by atoms with Gasteiger partial charge in [0, 0.05) is 12.6 Å². The van der Waals surface area contributed by atoms with Crippen molar-refractivity contribution in [3.63, 3.8) is 0 Å². The van der Waals surface area contributed by atoms with Crippen molar-refractivity contribution < 1.29 is 19.4 Å². The summed E-state index contributed by atoms with van der Waals surface area (Å²) in [4.78, 5) is 20.3. The van der Waals surface area contributed by atoms with Crippen LogP contribution in [0.2, 0.25) is 0 Å². The van der Waals surface area contributed by atoms with Crippen LogP contribution in [0.4, 0.5) is 0 Å². The quantitative estimate of drug-likeness (QED) is 0.323. The fraction of sp³-hybridized carbons (Fsp3) is 0.667. The Morgan fingerprint density at radius 1 is 1.56 bits per heavy atom. The summed E-state index contributed by atoms with van der Waals surface area (Å²) in [5.41, 5.74) is 5.55. The van der Waals surface area contributed by atoms with Crippen LogP contribution in [0.3, 0.4) is 0 Å². The fourth-order valence-corrected chi connectivity index (χ4v) is 1.07. The first-order chi connectivity index (χ1) is 8.54. The Bertz CT molecular complexity index is 226. The van der Waals surface area contributed by atoms with Crippen LogP contribution in [0.15, 0.2) is 12.7 Å². The molecule has 0 aliphatic rings. The van der Waals surface area contributed by atoms with Gasteiger partial charge in [-0.1, -0.05) is 26.0 Å². The molecule has 1 amide bonds. The summed E-state index contributed by atoms with van der Waals surface area (Å²) in [7, 11) is 0. The lowest BCUT2D eigenvalue weighted by molar-refractivity contribution is -0.130. The van der Waals surface area contributed by atoms with Gasteiger partial charge in [-0.2, -0.15) is 0 Å². The molecule has 2 atom stereocenters. The number of likely N-dealkylation sites (N-methyl/N-ethyl adjacent to an activating group) is 1. The van der Waals surface area contributed by atoms with E-state index < -0.39 is 12.1 Å². The Hall–Kier alpha value is -1.40. The van der Waals surface area contributed by atoms with Gasteiger partial charge in [0.25, 0.3) is 6.47 Å². The average molecular weight is 260 g/mol. The van der Waals surface area contributed by atoms with Gasteiger partial charge in [0.15, 0.2) is 0 Å². The Kier molecular flexibility index (Phi) is 14.4. The Balaban J connectivity index is 0. The first kappa shape index (κ1) is 19.0. The summed E-state index contributed by atoms with van der Waals surface area (Å²) in [5, 5.41) is 11.8. The molecule has 0 bridgehead atoms. The van der Waals surface area contributed by atoms with E-state index in [1.807, 2.05) is 6.92 Å². The second-order valence-electron chi connectivity index (χ2n) is 3.51. The van der Waals surface area contributed by atoms with Gasteiger partial charge in [-0.05, 0) is 13.3 Å². The number of amides is 1. The topological polar surface area (TPSA) is 102 Å². The summed E-state index contributed by atoms with van der Waals surface area (Å²) in [5.74, 6) is -0.376. The summed E-state index contributed by atoms with van der Waals surface area (Å²) in [6.45, 7) is 8.30. The first-order valence-corrected chi connectivity index (χ1v) is 5.92. The number of aliphatic hydroxyl groups is 1. The largest absolute Gasteiger partial charge is 0.464 e. The second-order valence-corrected chi connectivity index (χ2v) is 3.51. The molecule has 0 aromatic carbocycles. The molecule has 6 nitrogen and oxygen atoms in total. The zero-order valence-electron chi connectivity index (χ0n) is 11.1. The van der Waals surface area contributed by atoms with Crippen LogP contribution in [0.5, 0.6) is 0 Å². The molecule has 2 unspecified atom stereocenters. The lowest BCUT2D eigenvalue weighted by atomic mass is 10.1. The fourth-order valence-electron chi connectivity index (χ4n) is 1.07. The molecule has 18 heavy (non-hydrogen) atoms. The van der Waals surface area contributed by atoms with E-state index in [2.05, 4.69) is 16.6 Å². The normalized spacial score (nSPS) is 12.4. The van der Waals surface area contributed by atoms with Crippen LogP contribution < -0.4 is 11.1 Å². The molecule has 0 aliphatic heterocycles. The number of hydrogen-bond donors (Lipinski definition) is 3. The van der Waals surface area contributed by atoms with Crippen LogP contribution in [0, 0.1) is 0 Å². The molecule has 0 aromatic heterocycles. The van der Waals surface area contributed by atoms with Crippen LogP contribution in [-0.4, -0.2) is 42.8 Å². The lowest BCUT2D eigenvalue weighted by Crippen LogP contribution is -2.46. The molecule has 4 N–H and O–H groups in total. The van der Waals surface area contributed by atoms with Gasteiger partial charge in [0.2, 0.25) is 5.91 Å². The maximum atomic E-state index is 11.0. The van der Waals surface area contributed by atoms with Crippen molar-refractivity contribution in [3.8, 4) is 0 Å². The third kappa shape index (κ3) is 11.1. The molecule has 0 radical (unpaired) electrons. The number of nitrogens with two attached hydrogens (primary N) is 1. The highest BCUT2D eigenvalue weighted by Gasteiger charge is 2.20. The van der Waals surface area contributed by atoms with E-state index in [-0.39, 0.29) is 5.91 Å². The molecule has 0 rings (SSSR count). The highest BCUT2D eigenvalue weighted by Crippen LogP contribution is 1.99. The average Bonchev–Trinajstić information content (AvgIpc) is 2.36. The van der Waals surface area contributed by atoms with E-state index in [1.54, 1.807) is 6.92 Å². The number of carbonyl (C=O) groups excluding carboxylic acids is 2. The van der Waals surface area contributed by atoms with Crippen molar-refractivity contribution in [2.45, 2.75) is 38.8 Å². The summed E-state index contributed by atoms with van der Waals surface area (Å²) < 4.78 is 4.18. The minimum atomic E-state index is -1.06. The molecule has 6 heteroatoms. The zero-order valence-corrected chi connectivity index (χ0v) is 11.1. The van der Waals surface area contributed by atoms with Crippen LogP contribution >= 0.6 is 0 Å². The van der Waals surface area contributed by atoms with E-state index in [0.29, 0.717) is 26.0 Å². The molecular formula is C12H24N2O4. The highest BCUT2D eigenvalue weighted by molar-refractivity contribution is 5.81. The van der Waals surface area contributed by atoms with Gasteiger partial charge >= 0.3 is 0 Å². The number of rotatable bonds is 8. The maximum absolute atomic E-state index is 11.0. The van der Waals surface area contributed by atoms with E-state index in [1.165, 1.54) is 6.08 Å². The predicted molar refractivity (Wildman–Crippen MR) is 69.8 cm³/mol. The number of aliphatic hydroxyl groups excluding tert-OH is 1. The molecule has 0 spiro atoms. The van der Waals surface area contributed by atoms with E-state index >= 15 is 0 Å². The smallest absolute Gasteiger partial charge is 0.293 e. The molecule has 0 fully saturated rings. The molecular weight excluding hydrogens is 236 g/mol. The van der Waals surface area contributed by atoms with Gasteiger partial charge in [-0.25, -0.2) is 0 Å². The number of nitrogens with one attached hydrogen (secondary N) is 1. The summed E-state index contributed by atoms with van der Waals surface area (Å²) >= 11 is 0. The third-order valence-electron chi connectivity index (χ3n) is 1.93. The Labute approximate surface area is 108 Å². The van der Waals surface area contributed by atoms with Crippen molar-refractivity contribution in [3.05, 3.63) is 12.7 Å². The van der Waals surface area contributed by atoms with E-state index in [9.17, 15) is 14.7 Å². The monoisotopic (exact) mass is 260 g/mol. The molecule has 0 aliphatic carbocycles. The molecule has 0 heterocycles. The summed E-state index contributed by atoms with van der Waals surface area (Å²) in [6.07, 6.45) is 1.98. The molecule has 0 saturated carbocycles. The van der Waals surface area contributed by atoms with Crippen molar-refractivity contribution in [2.24, 2.45) is 5.73 Å². The molecule has 106 valence electrons. The van der Waals surface area contributed by atoms with Crippen molar-refractivity contribution in [2.75, 3.05) is 13.2 Å². The molecule has 0 aromatic rings. The van der Waals surface area contributed by atoms with Gasteiger partial charge in [-0.15, -0.1) is 0 Å². The van der Waals surface area contributed by atoms with E-state index in [4.69, 9.17) is 5.73 Å².